The molecule has 76 valence electrons. The van der Waals surface area contributed by atoms with Crippen LogP contribution in [0.2, 0.25) is 0 Å². The van der Waals surface area contributed by atoms with Crippen molar-refractivity contribution in [2.24, 2.45) is 5.89 Å². The average Bonchev–Trinajstić information content (AvgIpc) is 2.86. The van der Waals surface area contributed by atoms with Gasteiger partial charge in [0.2, 0.25) is 5.91 Å². The predicted molar refractivity (Wildman–Crippen MR) is 51.2 cm³/mol. The second kappa shape index (κ2) is 4.61. The summed E-state index contributed by atoms with van der Waals surface area (Å²) in [5, 5.41) is 12.4. The quantitative estimate of drug-likeness (QED) is 0.674. The van der Waals surface area contributed by atoms with Crippen LogP contribution in [0.25, 0.3) is 0 Å². The summed E-state index contributed by atoms with van der Waals surface area (Å²) in [6.07, 6.45) is 2.13. The Hall–Kier alpha value is -0.570. The van der Waals surface area contributed by atoms with E-state index in [0.717, 1.165) is 19.3 Å². The number of aliphatic hydroxyl groups excluding tert-OH is 1. The van der Waals surface area contributed by atoms with Gasteiger partial charge in [-0.3, -0.25) is 4.79 Å². The van der Waals surface area contributed by atoms with Gasteiger partial charge in [-0.1, -0.05) is 20.3 Å². The molecule has 1 aliphatic carbocycles. The van der Waals surface area contributed by atoms with Crippen LogP contribution in [0, 0.1) is 5.89 Å². The zero-order valence-electron chi connectivity index (χ0n) is 9.34. The molecule has 2 atom stereocenters. The maximum Gasteiger partial charge on any atom is 0.249 e. The third kappa shape index (κ3) is 3.35. The Morgan fingerprint density at radius 3 is 2.85 bits per heavy atom. The minimum atomic E-state index is -1.21. The van der Waals surface area contributed by atoms with Crippen molar-refractivity contribution in [1.82, 2.24) is 5.32 Å². The molecule has 3 heteroatoms. The number of amides is 1. The van der Waals surface area contributed by atoms with E-state index in [1.807, 2.05) is 6.92 Å². The molecule has 2 N–H and O–H groups in total. The maximum absolute atomic E-state index is 11.4. The van der Waals surface area contributed by atoms with Crippen LogP contribution in [-0.2, 0) is 4.79 Å². The van der Waals surface area contributed by atoms with Gasteiger partial charge in [-0.15, -0.1) is 0 Å². The van der Waals surface area contributed by atoms with E-state index in [1.165, 1.54) is 0 Å². The molecule has 0 unspecified atom stereocenters. The van der Waals surface area contributed by atoms with Crippen LogP contribution >= 0.6 is 0 Å². The summed E-state index contributed by atoms with van der Waals surface area (Å²) in [6.45, 7) is 3.55. The first kappa shape index (κ1) is 9.00. The normalized spacial score (nSPS) is 24.4. The Balaban J connectivity index is 2.43. The second-order valence-corrected chi connectivity index (χ2v) is 3.78. The van der Waals surface area contributed by atoms with E-state index in [-0.39, 0.29) is 6.04 Å². The average molecular weight is 186 g/mol. The molecule has 0 aromatic rings. The fourth-order valence-corrected chi connectivity index (χ4v) is 1.26. The van der Waals surface area contributed by atoms with E-state index < -0.39 is 17.9 Å². The molecule has 1 amide bonds. The highest BCUT2D eigenvalue weighted by atomic mass is 16.3. The van der Waals surface area contributed by atoms with E-state index in [9.17, 15) is 9.90 Å². The van der Waals surface area contributed by atoms with Gasteiger partial charge in [-0.25, -0.2) is 0 Å². The Kier molecular flexibility index (Phi) is 3.19. The Morgan fingerprint density at radius 1 is 1.77 bits per heavy atom. The van der Waals surface area contributed by atoms with Gasteiger partial charge >= 0.3 is 0 Å². The highest BCUT2D eigenvalue weighted by molar-refractivity contribution is 5.81. The number of hydrogen-bond donors (Lipinski definition) is 2. The lowest BCUT2D eigenvalue weighted by Crippen LogP contribution is -2.39. The van der Waals surface area contributed by atoms with Crippen molar-refractivity contribution in [3.63, 3.8) is 0 Å². The van der Waals surface area contributed by atoms with Crippen molar-refractivity contribution in [3.8, 4) is 0 Å². The molecule has 0 radical (unpaired) electrons. The number of carbonyl (C=O) groups excluding carboxylic acids is 1. The van der Waals surface area contributed by atoms with Gasteiger partial charge in [0, 0.05) is 7.41 Å². The molecule has 1 aliphatic rings. The molecule has 0 saturated heterocycles. The summed E-state index contributed by atoms with van der Waals surface area (Å²) in [6, 6.07) is 0.245. The van der Waals surface area contributed by atoms with Gasteiger partial charge in [0.05, 0.1) is 0 Å². The van der Waals surface area contributed by atoms with Crippen molar-refractivity contribution in [2.45, 2.75) is 51.7 Å². The van der Waals surface area contributed by atoms with Crippen LogP contribution in [0.5, 0.6) is 0 Å². The van der Waals surface area contributed by atoms with Gasteiger partial charge in [0.1, 0.15) is 6.10 Å². The number of nitrogens with one attached hydrogen (secondary N) is 1. The van der Waals surface area contributed by atoms with Gasteiger partial charge in [0.15, 0.2) is 0 Å². The van der Waals surface area contributed by atoms with Crippen molar-refractivity contribution in [3.05, 3.63) is 0 Å². The summed E-state index contributed by atoms with van der Waals surface area (Å²) in [5.41, 5.74) is 0. The molecule has 1 rings (SSSR count). The smallest absolute Gasteiger partial charge is 0.249 e. The lowest BCUT2D eigenvalue weighted by Gasteiger charge is -2.17. The number of rotatable bonds is 5. The highest BCUT2D eigenvalue weighted by Crippen LogP contribution is 2.19. The Morgan fingerprint density at radius 2 is 2.38 bits per heavy atom. The molecule has 13 heavy (non-hydrogen) atoms. The zero-order chi connectivity index (χ0) is 10.8. The molecular formula is C10H19NO2. The van der Waals surface area contributed by atoms with Crippen molar-refractivity contribution < 1.29 is 11.3 Å². The first-order valence-corrected chi connectivity index (χ1v) is 4.96. The largest absolute Gasteiger partial charge is 0.383 e. The first-order chi connectivity index (χ1) is 6.47. The molecule has 0 aliphatic heterocycles. The van der Waals surface area contributed by atoms with E-state index in [2.05, 4.69) is 5.32 Å². The number of carbonyl (C=O) groups is 1. The third-order valence-corrected chi connectivity index (χ3v) is 2.28. The molecule has 1 saturated carbocycles. The third-order valence-electron chi connectivity index (χ3n) is 2.28. The van der Waals surface area contributed by atoms with Gasteiger partial charge in [-0.05, 0) is 25.2 Å². The Labute approximate surface area is 80.9 Å². The first-order valence-electron chi connectivity index (χ1n) is 5.46. The van der Waals surface area contributed by atoms with Crippen molar-refractivity contribution >= 4 is 5.91 Å². The summed E-state index contributed by atoms with van der Waals surface area (Å²) in [4.78, 5) is 11.4. The van der Waals surface area contributed by atoms with Crippen LogP contribution in [0.4, 0.5) is 0 Å². The predicted octanol–water partition coefficient (Wildman–Crippen LogP) is 1.06. The minimum Gasteiger partial charge on any atom is -0.383 e. The van der Waals surface area contributed by atoms with Gasteiger partial charge in [0.25, 0.3) is 0 Å². The number of hydrogen-bond acceptors (Lipinski definition) is 2. The lowest BCUT2D eigenvalue weighted by atomic mass is 9.99. The minimum absolute atomic E-state index is 0.245. The van der Waals surface area contributed by atoms with Crippen LogP contribution in [0.3, 0.4) is 0 Å². The molecule has 0 aromatic heterocycles. The monoisotopic (exact) mass is 186 g/mol. The van der Waals surface area contributed by atoms with Crippen LogP contribution in [-0.4, -0.2) is 23.2 Å². The van der Waals surface area contributed by atoms with Crippen molar-refractivity contribution in [2.75, 3.05) is 0 Å². The molecule has 3 nitrogen and oxygen atoms in total. The van der Waals surface area contributed by atoms with E-state index in [0.29, 0.717) is 6.42 Å². The topological polar surface area (TPSA) is 49.3 Å². The summed E-state index contributed by atoms with van der Waals surface area (Å²) >= 11 is 0. The van der Waals surface area contributed by atoms with E-state index in [1.54, 1.807) is 6.92 Å². The van der Waals surface area contributed by atoms with Gasteiger partial charge < -0.3 is 10.4 Å². The fourth-order valence-electron chi connectivity index (χ4n) is 1.26. The lowest BCUT2D eigenvalue weighted by molar-refractivity contribution is -0.132. The summed E-state index contributed by atoms with van der Waals surface area (Å²) < 4.78 is 7.82. The van der Waals surface area contributed by atoms with Crippen LogP contribution in [0.1, 0.15) is 40.9 Å². The molecule has 1 fully saturated rings. The molecular weight excluding hydrogens is 166 g/mol. The fraction of sp³-hybridized carbons (Fsp3) is 0.900. The van der Waals surface area contributed by atoms with E-state index >= 15 is 0 Å². The van der Waals surface area contributed by atoms with Gasteiger partial charge in [-0.2, -0.15) is 0 Å². The van der Waals surface area contributed by atoms with Crippen molar-refractivity contribution in [1.29, 1.82) is 0 Å². The maximum atomic E-state index is 11.4. The zero-order valence-corrected chi connectivity index (χ0v) is 8.34. The van der Waals surface area contributed by atoms with Crippen LogP contribution < -0.4 is 5.32 Å². The molecule has 0 heterocycles. The Bertz CT molecular complexity index is 214. The molecule has 0 spiro atoms. The summed E-state index contributed by atoms with van der Waals surface area (Å²) in [5.74, 6) is -1.45. The van der Waals surface area contributed by atoms with E-state index in [4.69, 9.17) is 1.37 Å². The second-order valence-electron chi connectivity index (χ2n) is 3.78. The summed E-state index contributed by atoms with van der Waals surface area (Å²) in [7, 11) is 0. The standard InChI is InChI=1S/C10H19NO2/c1-3-4-7(2)9(12)10(13)11-8-5-6-8/h7-9,12H,3-6H2,1-2H3,(H,11,13)/t7-,9-/m0/s1/i7D. The highest BCUT2D eigenvalue weighted by Gasteiger charge is 2.28. The number of aliphatic hydroxyl groups is 1. The van der Waals surface area contributed by atoms with Crippen LogP contribution in [0.15, 0.2) is 0 Å². The molecule has 0 aromatic carbocycles. The SMILES string of the molecule is [2H][C@](C)(CCC)[C@H](O)C(=O)NC1CC1. The molecule has 0 bridgehead atoms.